The van der Waals surface area contributed by atoms with Gasteiger partial charge in [0.25, 0.3) is 5.91 Å². The summed E-state index contributed by atoms with van der Waals surface area (Å²) in [6.07, 6.45) is 5.65. The van der Waals surface area contributed by atoms with Crippen LogP contribution in [-0.4, -0.2) is 21.8 Å². The molecule has 1 aliphatic carbocycles. The topological polar surface area (TPSA) is 68.2 Å². The Morgan fingerprint density at radius 3 is 2.54 bits per heavy atom. The van der Waals surface area contributed by atoms with Gasteiger partial charge in [0.2, 0.25) is 0 Å². The van der Waals surface area contributed by atoms with Crippen LogP contribution >= 0.6 is 22.9 Å². The van der Waals surface area contributed by atoms with Crippen LogP contribution in [0, 0.1) is 0 Å². The molecule has 1 amide bonds. The van der Waals surface area contributed by atoms with Crippen LogP contribution in [0.15, 0.2) is 84.9 Å². The molecule has 2 aromatic heterocycles. The summed E-state index contributed by atoms with van der Waals surface area (Å²) < 4.78 is 1.05. The maximum Gasteiger partial charge on any atom is 0.266 e. The third-order valence-electron chi connectivity index (χ3n) is 7.18. The molecule has 0 radical (unpaired) electrons. The van der Waals surface area contributed by atoms with E-state index < -0.39 is 0 Å². The van der Waals surface area contributed by atoms with Gasteiger partial charge in [0, 0.05) is 33.6 Å². The first-order chi connectivity index (χ1) is 17.7. The minimum absolute atomic E-state index is 0. The zero-order valence-electron chi connectivity index (χ0n) is 20.7. The van der Waals surface area contributed by atoms with Gasteiger partial charge in [-0.3, -0.25) is 4.79 Å². The van der Waals surface area contributed by atoms with Crippen molar-refractivity contribution in [3.63, 3.8) is 0 Å². The summed E-state index contributed by atoms with van der Waals surface area (Å²) in [5.41, 5.74) is 4.10. The van der Waals surface area contributed by atoms with Crippen LogP contribution in [0.3, 0.4) is 0 Å². The first-order valence-corrected chi connectivity index (χ1v) is 13.8. The lowest BCUT2D eigenvalue weighted by atomic mass is 9.93. The van der Waals surface area contributed by atoms with Gasteiger partial charge >= 0.3 is 0 Å². The van der Waals surface area contributed by atoms with Gasteiger partial charge < -0.3 is 11.1 Å². The molecule has 0 atom stereocenters. The predicted octanol–water partition coefficient (Wildman–Crippen LogP) is 8.91. The molecule has 0 saturated heterocycles. The van der Waals surface area contributed by atoms with Crippen molar-refractivity contribution in [3.05, 3.63) is 100 Å². The zero-order valence-corrected chi connectivity index (χ0v) is 22.3. The lowest BCUT2D eigenvalue weighted by Crippen LogP contribution is -2.40. The Kier molecular flexibility index (Phi) is 7.56. The van der Waals surface area contributed by atoms with E-state index in [9.17, 15) is 4.79 Å². The van der Waals surface area contributed by atoms with Crippen molar-refractivity contribution >= 4 is 49.8 Å². The second-order valence-electron chi connectivity index (χ2n) is 9.56. The Bertz CT molecular complexity index is 1560. The summed E-state index contributed by atoms with van der Waals surface area (Å²) in [5, 5.41) is 2.67. The van der Waals surface area contributed by atoms with Crippen LogP contribution in [0.4, 0.5) is 0 Å². The number of benzene rings is 3. The molecule has 188 valence electrons. The molecule has 3 aromatic carbocycles. The van der Waals surface area contributed by atoms with Gasteiger partial charge in [-0.2, -0.15) is 0 Å². The van der Waals surface area contributed by atoms with Crippen molar-refractivity contribution in [2.45, 2.75) is 44.7 Å². The largest absolute Gasteiger partial charge is 0.344 e. The summed E-state index contributed by atoms with van der Waals surface area (Å²) in [5.74, 6) is 0.0438. The molecule has 4 nitrogen and oxygen atoms in total. The van der Waals surface area contributed by atoms with Gasteiger partial charge in [-0.05, 0) is 42.7 Å². The van der Waals surface area contributed by atoms with Gasteiger partial charge in [-0.15, -0.1) is 11.3 Å². The molecule has 0 bridgehead atoms. The lowest BCUT2D eigenvalue weighted by Gasteiger charge is -2.34. The van der Waals surface area contributed by atoms with Crippen molar-refractivity contribution in [3.8, 4) is 11.3 Å². The van der Waals surface area contributed by atoms with Crippen LogP contribution in [0.5, 0.6) is 0 Å². The number of fused-ring (bicyclic) bond motifs is 2. The van der Waals surface area contributed by atoms with Crippen molar-refractivity contribution in [1.82, 2.24) is 16.0 Å². The molecule has 1 fully saturated rings. The van der Waals surface area contributed by atoms with Crippen molar-refractivity contribution in [1.29, 1.82) is 0 Å². The second kappa shape index (κ2) is 11.0. The number of aromatic nitrogens is 1. The van der Waals surface area contributed by atoms with Gasteiger partial charge in [0.1, 0.15) is 4.88 Å². The van der Waals surface area contributed by atoms with E-state index in [0.717, 1.165) is 63.5 Å². The number of carbonyl (C=O) groups is 1. The summed E-state index contributed by atoms with van der Waals surface area (Å²) >= 11 is 8.25. The third-order valence-corrected chi connectivity index (χ3v) is 8.84. The fourth-order valence-corrected chi connectivity index (χ4v) is 6.76. The van der Waals surface area contributed by atoms with E-state index in [1.54, 1.807) is 0 Å². The molecule has 37 heavy (non-hydrogen) atoms. The number of hydrogen-bond donors (Lipinski definition) is 1. The van der Waals surface area contributed by atoms with Crippen LogP contribution in [-0.2, 0) is 6.54 Å². The van der Waals surface area contributed by atoms with Gasteiger partial charge in [-0.1, -0.05) is 91.5 Å². The van der Waals surface area contributed by atoms with Gasteiger partial charge in [0.15, 0.2) is 0 Å². The fraction of sp³-hybridized carbons (Fsp3) is 0.226. The van der Waals surface area contributed by atoms with Crippen LogP contribution in [0.25, 0.3) is 32.2 Å². The van der Waals surface area contributed by atoms with E-state index in [4.69, 9.17) is 16.6 Å². The van der Waals surface area contributed by atoms with Crippen LogP contribution in [0.1, 0.15) is 47.3 Å². The van der Waals surface area contributed by atoms with E-state index in [1.807, 2.05) is 42.5 Å². The molecule has 3 N–H and O–H groups in total. The highest BCUT2D eigenvalue weighted by atomic mass is 35.5. The van der Waals surface area contributed by atoms with E-state index in [2.05, 4.69) is 47.4 Å². The second-order valence-corrected chi connectivity index (χ2v) is 11.0. The van der Waals surface area contributed by atoms with Crippen LogP contribution < -0.4 is 6.15 Å². The number of halogens is 1. The highest BCUT2D eigenvalue weighted by molar-refractivity contribution is 7.21. The van der Waals surface area contributed by atoms with E-state index in [1.165, 1.54) is 17.8 Å². The van der Waals surface area contributed by atoms with E-state index >= 15 is 0 Å². The molecule has 1 aliphatic rings. The Hall–Kier alpha value is -3.25. The summed E-state index contributed by atoms with van der Waals surface area (Å²) in [6.45, 7) is 0.565. The Morgan fingerprint density at radius 1 is 0.919 bits per heavy atom. The van der Waals surface area contributed by atoms with Gasteiger partial charge in [0.05, 0.1) is 16.2 Å². The standard InChI is InChI=1S/C31H27ClN2OS.H3N/c32-29-25-14-5-7-16-28(25)36-30(29)31(35)34(24-12-2-1-3-13-24)20-21-9-8-11-23(19-21)27-18-17-22-10-4-6-15-26(22)33-27;/h4-11,14-19,24H,1-3,12-13,20H2;1H3. The Morgan fingerprint density at radius 2 is 1.70 bits per heavy atom. The molecular weight excluding hydrogens is 498 g/mol. The maximum absolute atomic E-state index is 14.0. The molecule has 2 heterocycles. The quantitative estimate of drug-likeness (QED) is 0.248. The first kappa shape index (κ1) is 25.4. The molecule has 6 rings (SSSR count). The first-order valence-electron chi connectivity index (χ1n) is 12.6. The molecule has 0 spiro atoms. The molecule has 5 aromatic rings. The van der Waals surface area contributed by atoms with Crippen LogP contribution in [0.2, 0.25) is 5.02 Å². The lowest BCUT2D eigenvalue weighted by molar-refractivity contribution is 0.0619. The average Bonchev–Trinajstić information content (AvgIpc) is 3.28. The number of amides is 1. The SMILES string of the molecule is N.O=C(c1sc2ccccc2c1Cl)N(Cc1cccc(-c2ccc3ccccc3n2)c1)C1CCCCC1. The van der Waals surface area contributed by atoms with Crippen molar-refractivity contribution in [2.24, 2.45) is 0 Å². The summed E-state index contributed by atoms with van der Waals surface area (Å²) in [7, 11) is 0. The minimum atomic E-state index is 0. The normalized spacial score (nSPS) is 14.0. The highest BCUT2D eigenvalue weighted by Gasteiger charge is 2.29. The molecule has 0 aliphatic heterocycles. The molecule has 6 heteroatoms. The molecule has 0 unspecified atom stereocenters. The van der Waals surface area contributed by atoms with E-state index in [0.29, 0.717) is 16.4 Å². The minimum Gasteiger partial charge on any atom is -0.344 e. The summed E-state index contributed by atoms with van der Waals surface area (Å²) in [4.78, 5) is 21.6. The number of para-hydroxylation sites is 1. The Labute approximate surface area is 226 Å². The fourth-order valence-electron chi connectivity index (χ4n) is 5.29. The van der Waals surface area contributed by atoms with Crippen molar-refractivity contribution < 1.29 is 4.79 Å². The number of hydrogen-bond acceptors (Lipinski definition) is 4. The number of pyridine rings is 1. The third kappa shape index (κ3) is 5.12. The number of carbonyl (C=O) groups excluding carboxylic acids is 1. The predicted molar refractivity (Wildman–Crippen MR) is 156 cm³/mol. The highest BCUT2D eigenvalue weighted by Crippen LogP contribution is 2.37. The van der Waals surface area contributed by atoms with E-state index in [-0.39, 0.29) is 18.1 Å². The number of thiophene rings is 1. The zero-order chi connectivity index (χ0) is 24.5. The number of nitrogens with zero attached hydrogens (tertiary/aromatic N) is 2. The van der Waals surface area contributed by atoms with Gasteiger partial charge in [-0.25, -0.2) is 4.98 Å². The smallest absolute Gasteiger partial charge is 0.266 e. The summed E-state index contributed by atoms with van der Waals surface area (Å²) in [6, 6.07) is 29.0. The maximum atomic E-state index is 14.0. The Balaban J connectivity index is 0.00000280. The number of rotatable bonds is 5. The average molecular weight is 528 g/mol. The molecule has 1 saturated carbocycles. The molecular formula is C31H30ClN3OS. The monoisotopic (exact) mass is 527 g/mol. The van der Waals surface area contributed by atoms with Crippen molar-refractivity contribution in [2.75, 3.05) is 0 Å².